The number of thioether (sulfide) groups is 1. The van der Waals surface area contributed by atoms with E-state index < -0.39 is 6.04 Å². The standard InChI is InChI=1S/C24H30N2O2S/c1-5-15-25-21(27)20-16-29-23(18-11-13-19(14-12-18)24(2,3)4)26(20)22(28)17-9-7-6-8-10-17/h6-14,20,23H,5,15-16H2,1-4H3,(H,25,27). The molecule has 1 fully saturated rings. The second kappa shape index (κ2) is 9.04. The lowest BCUT2D eigenvalue weighted by atomic mass is 9.86. The zero-order valence-corrected chi connectivity index (χ0v) is 18.5. The third-order valence-corrected chi connectivity index (χ3v) is 6.49. The van der Waals surface area contributed by atoms with Crippen molar-refractivity contribution in [1.29, 1.82) is 0 Å². The van der Waals surface area contributed by atoms with Gasteiger partial charge in [-0.25, -0.2) is 0 Å². The van der Waals surface area contributed by atoms with E-state index in [9.17, 15) is 9.59 Å². The lowest BCUT2D eigenvalue weighted by Gasteiger charge is -2.29. The van der Waals surface area contributed by atoms with Crippen LogP contribution in [0.25, 0.3) is 0 Å². The molecule has 2 amide bonds. The Morgan fingerprint density at radius 2 is 1.72 bits per heavy atom. The highest BCUT2D eigenvalue weighted by molar-refractivity contribution is 7.99. The molecule has 29 heavy (non-hydrogen) atoms. The lowest BCUT2D eigenvalue weighted by molar-refractivity contribution is -0.124. The number of rotatable bonds is 5. The first-order chi connectivity index (χ1) is 13.8. The van der Waals surface area contributed by atoms with Gasteiger partial charge in [0.25, 0.3) is 5.91 Å². The third kappa shape index (κ3) is 4.84. The Morgan fingerprint density at radius 3 is 2.31 bits per heavy atom. The van der Waals surface area contributed by atoms with Crippen LogP contribution in [0.2, 0.25) is 0 Å². The zero-order valence-electron chi connectivity index (χ0n) is 17.6. The Balaban J connectivity index is 1.92. The van der Waals surface area contributed by atoms with Gasteiger partial charge in [0, 0.05) is 17.9 Å². The van der Waals surface area contributed by atoms with Crippen LogP contribution in [0.15, 0.2) is 54.6 Å². The SMILES string of the molecule is CCCNC(=O)C1CSC(c2ccc(C(C)(C)C)cc2)N1C(=O)c1ccccc1. The molecule has 1 heterocycles. The number of benzene rings is 2. The first-order valence-electron chi connectivity index (χ1n) is 10.2. The van der Waals surface area contributed by atoms with Gasteiger partial charge in [-0.15, -0.1) is 11.8 Å². The van der Waals surface area contributed by atoms with Crippen molar-refractivity contribution in [3.05, 3.63) is 71.3 Å². The number of nitrogens with zero attached hydrogens (tertiary/aromatic N) is 1. The summed E-state index contributed by atoms with van der Waals surface area (Å²) in [6.45, 7) is 9.21. The number of carbonyl (C=O) groups excluding carboxylic acids is 2. The van der Waals surface area contributed by atoms with Crippen LogP contribution in [0, 0.1) is 0 Å². The Hall–Kier alpha value is -2.27. The summed E-state index contributed by atoms with van der Waals surface area (Å²) in [6.07, 6.45) is 0.871. The summed E-state index contributed by atoms with van der Waals surface area (Å²) in [6, 6.07) is 17.2. The molecule has 2 unspecified atom stereocenters. The highest BCUT2D eigenvalue weighted by Crippen LogP contribution is 2.42. The molecule has 0 radical (unpaired) electrons. The monoisotopic (exact) mass is 410 g/mol. The smallest absolute Gasteiger partial charge is 0.255 e. The van der Waals surface area contributed by atoms with Gasteiger partial charge >= 0.3 is 0 Å². The predicted molar refractivity (Wildman–Crippen MR) is 120 cm³/mol. The van der Waals surface area contributed by atoms with Gasteiger partial charge in [0.1, 0.15) is 11.4 Å². The molecule has 4 nitrogen and oxygen atoms in total. The summed E-state index contributed by atoms with van der Waals surface area (Å²) in [4.78, 5) is 27.9. The number of carbonyl (C=O) groups is 2. The van der Waals surface area contributed by atoms with Crippen LogP contribution in [-0.4, -0.2) is 35.1 Å². The quantitative estimate of drug-likeness (QED) is 0.773. The van der Waals surface area contributed by atoms with Crippen LogP contribution in [-0.2, 0) is 10.2 Å². The van der Waals surface area contributed by atoms with E-state index in [0.717, 1.165) is 12.0 Å². The minimum absolute atomic E-state index is 0.0718. The second-order valence-corrected chi connectivity index (χ2v) is 9.56. The molecular formula is C24H30N2O2S. The van der Waals surface area contributed by atoms with E-state index in [1.165, 1.54) is 5.56 Å². The molecule has 2 aromatic carbocycles. The van der Waals surface area contributed by atoms with Gasteiger partial charge in [0.15, 0.2) is 0 Å². The normalized spacial score (nSPS) is 19.2. The number of amides is 2. The minimum Gasteiger partial charge on any atom is -0.354 e. The van der Waals surface area contributed by atoms with Crippen molar-refractivity contribution < 1.29 is 9.59 Å². The Labute approximate surface area is 178 Å². The Kier molecular flexibility index (Phi) is 6.68. The molecule has 0 bridgehead atoms. The first-order valence-corrected chi connectivity index (χ1v) is 11.2. The Morgan fingerprint density at radius 1 is 1.07 bits per heavy atom. The topological polar surface area (TPSA) is 49.4 Å². The molecule has 0 aliphatic carbocycles. The van der Waals surface area contributed by atoms with Gasteiger partial charge in [-0.2, -0.15) is 0 Å². The van der Waals surface area contributed by atoms with E-state index in [1.54, 1.807) is 16.7 Å². The fourth-order valence-electron chi connectivity index (χ4n) is 3.46. The van der Waals surface area contributed by atoms with Gasteiger partial charge in [-0.05, 0) is 35.1 Å². The van der Waals surface area contributed by atoms with Gasteiger partial charge in [0.05, 0.1) is 0 Å². The van der Waals surface area contributed by atoms with Crippen LogP contribution in [0.5, 0.6) is 0 Å². The molecule has 2 atom stereocenters. The molecular weight excluding hydrogens is 380 g/mol. The van der Waals surface area contributed by atoms with E-state index in [-0.39, 0.29) is 22.6 Å². The van der Waals surface area contributed by atoms with Crippen LogP contribution < -0.4 is 5.32 Å². The van der Waals surface area contributed by atoms with Crippen molar-refractivity contribution in [3.63, 3.8) is 0 Å². The van der Waals surface area contributed by atoms with Crippen LogP contribution in [0.3, 0.4) is 0 Å². The van der Waals surface area contributed by atoms with Crippen LogP contribution in [0.1, 0.15) is 61.0 Å². The maximum atomic E-state index is 13.4. The van der Waals surface area contributed by atoms with Crippen molar-refractivity contribution >= 4 is 23.6 Å². The lowest BCUT2D eigenvalue weighted by Crippen LogP contribution is -2.48. The predicted octanol–water partition coefficient (Wildman–Crippen LogP) is 4.77. The molecule has 1 aliphatic heterocycles. The average molecular weight is 411 g/mol. The van der Waals surface area contributed by atoms with Crippen LogP contribution >= 0.6 is 11.8 Å². The second-order valence-electron chi connectivity index (χ2n) is 8.44. The van der Waals surface area contributed by atoms with Crippen molar-refractivity contribution in [2.24, 2.45) is 0 Å². The molecule has 0 aromatic heterocycles. The molecule has 0 saturated carbocycles. The fourth-order valence-corrected chi connectivity index (χ4v) is 4.89. The van der Waals surface area contributed by atoms with Crippen LogP contribution in [0.4, 0.5) is 0 Å². The van der Waals surface area contributed by atoms with Crippen molar-refractivity contribution in [2.75, 3.05) is 12.3 Å². The maximum Gasteiger partial charge on any atom is 0.255 e. The van der Waals surface area contributed by atoms with Crippen molar-refractivity contribution in [2.45, 2.75) is 50.9 Å². The summed E-state index contributed by atoms with van der Waals surface area (Å²) in [5, 5.41) is 2.79. The summed E-state index contributed by atoms with van der Waals surface area (Å²) < 4.78 is 0. The highest BCUT2D eigenvalue weighted by Gasteiger charge is 2.42. The van der Waals surface area contributed by atoms with E-state index in [0.29, 0.717) is 17.9 Å². The van der Waals surface area contributed by atoms with E-state index >= 15 is 0 Å². The summed E-state index contributed by atoms with van der Waals surface area (Å²) in [7, 11) is 0. The van der Waals surface area contributed by atoms with Gasteiger partial charge in [-0.1, -0.05) is 70.2 Å². The highest BCUT2D eigenvalue weighted by atomic mass is 32.2. The molecule has 1 saturated heterocycles. The van der Waals surface area contributed by atoms with E-state index in [2.05, 4.69) is 50.4 Å². The third-order valence-electron chi connectivity index (χ3n) is 5.17. The van der Waals surface area contributed by atoms with E-state index in [4.69, 9.17) is 0 Å². The minimum atomic E-state index is -0.466. The summed E-state index contributed by atoms with van der Waals surface area (Å²) >= 11 is 1.65. The van der Waals surface area contributed by atoms with Gasteiger partial charge in [-0.3, -0.25) is 9.59 Å². The molecule has 1 N–H and O–H groups in total. The Bertz CT molecular complexity index is 843. The maximum absolute atomic E-state index is 13.4. The molecule has 0 spiro atoms. The molecule has 3 rings (SSSR count). The molecule has 1 aliphatic rings. The number of hydrogen-bond donors (Lipinski definition) is 1. The largest absolute Gasteiger partial charge is 0.354 e. The summed E-state index contributed by atoms with van der Waals surface area (Å²) in [5.74, 6) is 0.425. The van der Waals surface area contributed by atoms with Gasteiger partial charge < -0.3 is 10.2 Å². The average Bonchev–Trinajstić information content (AvgIpc) is 3.16. The molecule has 5 heteroatoms. The van der Waals surface area contributed by atoms with Crippen molar-refractivity contribution in [1.82, 2.24) is 10.2 Å². The van der Waals surface area contributed by atoms with Gasteiger partial charge in [0.2, 0.25) is 5.91 Å². The fraction of sp³-hybridized carbons (Fsp3) is 0.417. The molecule has 154 valence electrons. The van der Waals surface area contributed by atoms with Crippen molar-refractivity contribution in [3.8, 4) is 0 Å². The van der Waals surface area contributed by atoms with E-state index in [1.807, 2.05) is 37.3 Å². The summed E-state index contributed by atoms with van der Waals surface area (Å²) in [5.41, 5.74) is 2.99. The number of hydrogen-bond acceptors (Lipinski definition) is 3. The first kappa shape index (κ1) is 21.4. The number of nitrogens with one attached hydrogen (secondary N) is 1. The zero-order chi connectivity index (χ0) is 21.0. The molecule has 2 aromatic rings.